The van der Waals surface area contributed by atoms with Crippen LogP contribution in [0.5, 0.6) is 0 Å². The van der Waals surface area contributed by atoms with Crippen LogP contribution in [0, 0.1) is 6.92 Å². The van der Waals surface area contributed by atoms with Gasteiger partial charge in [-0.05, 0) is 38.1 Å². The van der Waals surface area contributed by atoms with E-state index < -0.39 is 0 Å². The molecular weight excluding hydrogens is 264 g/mol. The van der Waals surface area contributed by atoms with Gasteiger partial charge in [-0.25, -0.2) is 4.98 Å². The van der Waals surface area contributed by atoms with Gasteiger partial charge in [-0.1, -0.05) is 0 Å². The van der Waals surface area contributed by atoms with Crippen LogP contribution in [0.2, 0.25) is 0 Å². The van der Waals surface area contributed by atoms with Crippen molar-refractivity contribution in [3.05, 3.63) is 45.9 Å². The molecule has 1 heterocycles. The van der Waals surface area contributed by atoms with Gasteiger partial charge < -0.3 is 5.32 Å². The van der Waals surface area contributed by atoms with Crippen molar-refractivity contribution in [2.24, 2.45) is 0 Å². The molecule has 3 nitrogen and oxygen atoms in total. The van der Waals surface area contributed by atoms with Gasteiger partial charge in [0, 0.05) is 21.5 Å². The average molecular weight is 278 g/mol. The highest BCUT2D eigenvalue weighted by Gasteiger charge is 2.13. The van der Waals surface area contributed by atoms with Crippen LogP contribution in [-0.4, -0.2) is 10.9 Å². The molecule has 1 aromatic heterocycles. The lowest BCUT2D eigenvalue weighted by Gasteiger charge is -2.11. The van der Waals surface area contributed by atoms with Crippen LogP contribution >= 0.6 is 24.0 Å². The van der Waals surface area contributed by atoms with E-state index in [-0.39, 0.29) is 11.9 Å². The number of rotatable bonds is 3. The number of nitrogens with zero attached hydrogens (tertiary/aromatic N) is 1. The Balaban J connectivity index is 2.05. The Morgan fingerprint density at radius 3 is 2.61 bits per heavy atom. The van der Waals surface area contributed by atoms with E-state index in [4.69, 9.17) is 0 Å². The Morgan fingerprint density at radius 1 is 1.39 bits per heavy atom. The smallest absolute Gasteiger partial charge is 0.251 e. The summed E-state index contributed by atoms with van der Waals surface area (Å²) in [5.41, 5.74) is 1.61. The number of carbonyl (C=O) groups is 1. The molecule has 0 saturated carbocycles. The summed E-state index contributed by atoms with van der Waals surface area (Å²) in [6, 6.07) is 7.05. The van der Waals surface area contributed by atoms with Gasteiger partial charge in [0.1, 0.15) is 5.01 Å². The zero-order valence-electron chi connectivity index (χ0n) is 10.2. The highest BCUT2D eigenvalue weighted by atomic mass is 32.1. The van der Waals surface area contributed by atoms with E-state index in [9.17, 15) is 4.79 Å². The molecule has 1 unspecified atom stereocenters. The molecule has 0 fully saturated rings. The van der Waals surface area contributed by atoms with Crippen LogP contribution in [0.3, 0.4) is 0 Å². The third-order valence-electron chi connectivity index (χ3n) is 2.48. The molecule has 5 heteroatoms. The minimum atomic E-state index is -0.0938. The maximum absolute atomic E-state index is 12.0. The van der Waals surface area contributed by atoms with E-state index in [1.54, 1.807) is 35.6 Å². The van der Waals surface area contributed by atoms with Crippen molar-refractivity contribution < 1.29 is 4.79 Å². The number of carbonyl (C=O) groups excluding carboxylic acids is 1. The lowest BCUT2D eigenvalue weighted by Crippen LogP contribution is -2.26. The van der Waals surface area contributed by atoms with Crippen molar-refractivity contribution in [2.45, 2.75) is 24.8 Å². The number of thiazole rings is 1. The standard InChI is InChI=1S/C13H14N2OS2/c1-8-7-18-13(14-8)9(2)15-12(16)10-3-5-11(17)6-4-10/h3-7,9,17H,1-2H3,(H,15,16). The number of aryl methyl sites for hydroxylation is 1. The molecule has 0 aliphatic heterocycles. The summed E-state index contributed by atoms with van der Waals surface area (Å²) >= 11 is 5.75. The van der Waals surface area contributed by atoms with Crippen LogP contribution in [0.4, 0.5) is 0 Å². The molecule has 1 amide bonds. The monoisotopic (exact) mass is 278 g/mol. The number of amides is 1. The highest BCUT2D eigenvalue weighted by Crippen LogP contribution is 2.18. The summed E-state index contributed by atoms with van der Waals surface area (Å²) in [4.78, 5) is 17.2. The van der Waals surface area contributed by atoms with E-state index in [0.29, 0.717) is 5.56 Å². The fourth-order valence-electron chi connectivity index (χ4n) is 1.53. The van der Waals surface area contributed by atoms with Gasteiger partial charge in [0.05, 0.1) is 6.04 Å². The number of aromatic nitrogens is 1. The zero-order valence-corrected chi connectivity index (χ0v) is 11.9. The van der Waals surface area contributed by atoms with Gasteiger partial charge in [-0.3, -0.25) is 4.79 Å². The van der Waals surface area contributed by atoms with E-state index in [0.717, 1.165) is 15.6 Å². The molecule has 0 aliphatic rings. The Morgan fingerprint density at radius 2 is 2.06 bits per heavy atom. The summed E-state index contributed by atoms with van der Waals surface area (Å²) in [7, 11) is 0. The van der Waals surface area contributed by atoms with Crippen molar-refractivity contribution in [1.82, 2.24) is 10.3 Å². The summed E-state index contributed by atoms with van der Waals surface area (Å²) in [5.74, 6) is -0.0938. The molecule has 18 heavy (non-hydrogen) atoms. The average Bonchev–Trinajstić information content (AvgIpc) is 2.76. The van der Waals surface area contributed by atoms with E-state index in [1.807, 2.05) is 19.2 Å². The van der Waals surface area contributed by atoms with Crippen LogP contribution in [0.1, 0.15) is 34.0 Å². The lowest BCUT2D eigenvalue weighted by atomic mass is 10.2. The molecule has 1 atom stereocenters. The molecule has 1 N–H and O–H groups in total. The van der Waals surface area contributed by atoms with E-state index >= 15 is 0 Å². The van der Waals surface area contributed by atoms with Gasteiger partial charge >= 0.3 is 0 Å². The predicted octanol–water partition coefficient (Wildman–Crippen LogP) is 3.23. The second kappa shape index (κ2) is 5.54. The van der Waals surface area contributed by atoms with Crippen molar-refractivity contribution in [2.75, 3.05) is 0 Å². The molecule has 0 spiro atoms. The molecule has 0 aliphatic carbocycles. The third kappa shape index (κ3) is 3.11. The van der Waals surface area contributed by atoms with Crippen molar-refractivity contribution >= 4 is 29.9 Å². The maximum Gasteiger partial charge on any atom is 0.251 e. The largest absolute Gasteiger partial charge is 0.343 e. The van der Waals surface area contributed by atoms with E-state index in [1.165, 1.54) is 0 Å². The van der Waals surface area contributed by atoms with E-state index in [2.05, 4.69) is 22.9 Å². The predicted molar refractivity (Wildman–Crippen MR) is 76.4 cm³/mol. The van der Waals surface area contributed by atoms with Crippen molar-refractivity contribution in [3.8, 4) is 0 Å². The Bertz CT molecular complexity index is 548. The van der Waals surface area contributed by atoms with Gasteiger partial charge in [0.2, 0.25) is 0 Å². The molecule has 0 bridgehead atoms. The fourth-order valence-corrected chi connectivity index (χ4v) is 2.48. The molecule has 94 valence electrons. The number of nitrogens with one attached hydrogen (secondary N) is 1. The minimum absolute atomic E-state index is 0.0770. The summed E-state index contributed by atoms with van der Waals surface area (Å²) in [6.07, 6.45) is 0. The van der Waals surface area contributed by atoms with Crippen molar-refractivity contribution in [1.29, 1.82) is 0 Å². The lowest BCUT2D eigenvalue weighted by molar-refractivity contribution is 0.0939. The normalized spacial score (nSPS) is 12.2. The third-order valence-corrected chi connectivity index (χ3v) is 3.93. The topological polar surface area (TPSA) is 42.0 Å². The Kier molecular flexibility index (Phi) is 4.04. The number of hydrogen-bond acceptors (Lipinski definition) is 4. The molecule has 2 aromatic rings. The molecule has 0 saturated heterocycles. The van der Waals surface area contributed by atoms with Crippen LogP contribution < -0.4 is 5.32 Å². The second-order valence-electron chi connectivity index (χ2n) is 4.07. The van der Waals surface area contributed by atoms with Gasteiger partial charge in [-0.2, -0.15) is 0 Å². The van der Waals surface area contributed by atoms with Crippen LogP contribution in [0.15, 0.2) is 34.5 Å². The van der Waals surface area contributed by atoms with Gasteiger partial charge in [-0.15, -0.1) is 24.0 Å². The van der Waals surface area contributed by atoms with Gasteiger partial charge in [0.15, 0.2) is 0 Å². The molecule has 1 aromatic carbocycles. The fraction of sp³-hybridized carbons (Fsp3) is 0.231. The first-order chi connectivity index (χ1) is 8.56. The summed E-state index contributed by atoms with van der Waals surface area (Å²) in [5, 5.41) is 5.83. The zero-order chi connectivity index (χ0) is 13.1. The quantitative estimate of drug-likeness (QED) is 0.846. The molecule has 2 rings (SSSR count). The summed E-state index contributed by atoms with van der Waals surface area (Å²) in [6.45, 7) is 3.88. The first-order valence-corrected chi connectivity index (χ1v) is 6.91. The number of benzene rings is 1. The number of thiol groups is 1. The van der Waals surface area contributed by atoms with Crippen molar-refractivity contribution in [3.63, 3.8) is 0 Å². The molecule has 0 radical (unpaired) electrons. The Hall–Kier alpha value is -1.33. The summed E-state index contributed by atoms with van der Waals surface area (Å²) < 4.78 is 0. The second-order valence-corrected chi connectivity index (χ2v) is 5.48. The van der Waals surface area contributed by atoms with Crippen LogP contribution in [-0.2, 0) is 0 Å². The van der Waals surface area contributed by atoms with Gasteiger partial charge in [0.25, 0.3) is 5.91 Å². The first kappa shape index (κ1) is 13.1. The SMILES string of the molecule is Cc1csc(C(C)NC(=O)c2ccc(S)cc2)n1. The minimum Gasteiger partial charge on any atom is -0.343 e. The Labute approximate surface area is 116 Å². The first-order valence-electron chi connectivity index (χ1n) is 5.58. The maximum atomic E-state index is 12.0. The number of hydrogen-bond donors (Lipinski definition) is 2. The highest BCUT2D eigenvalue weighted by molar-refractivity contribution is 7.80. The van der Waals surface area contributed by atoms with Crippen LogP contribution in [0.25, 0.3) is 0 Å². The molecular formula is C13H14N2OS2.